The lowest BCUT2D eigenvalue weighted by molar-refractivity contribution is -0.143. The highest BCUT2D eigenvalue weighted by Gasteiger charge is 2.37. The molecule has 1 rings (SSSR count). The molecule has 0 atom stereocenters. The van der Waals surface area contributed by atoms with Gasteiger partial charge in [0.25, 0.3) is 0 Å². The summed E-state index contributed by atoms with van der Waals surface area (Å²) in [6, 6.07) is 2.60. The number of hydrogen-bond acceptors (Lipinski definition) is 2. The Morgan fingerprint density at radius 2 is 1.42 bits per heavy atom. The number of nitrogens with zero attached hydrogens (tertiary/aromatic N) is 1. The van der Waals surface area contributed by atoms with Gasteiger partial charge in [-0.25, -0.2) is 0 Å². The predicted octanol–water partition coefficient (Wildman–Crippen LogP) is 4.02. The highest BCUT2D eigenvalue weighted by atomic mass is 19.4. The van der Waals surface area contributed by atoms with Gasteiger partial charge >= 0.3 is 12.4 Å². The van der Waals surface area contributed by atoms with Gasteiger partial charge in [0.15, 0.2) is 0 Å². The zero-order chi connectivity index (χ0) is 14.7. The van der Waals surface area contributed by atoms with Gasteiger partial charge in [0.2, 0.25) is 0 Å². The number of rotatable bonds is 3. The Bertz CT molecular complexity index is 453. The molecular weight excluding hydrogens is 276 g/mol. The Hall–Kier alpha value is -1.91. The Kier molecular flexibility index (Phi) is 4.29. The average Bonchev–Trinajstić information content (AvgIpc) is 2.27. The molecule has 104 valence electrons. The van der Waals surface area contributed by atoms with Crippen molar-refractivity contribution in [3.63, 3.8) is 0 Å². The van der Waals surface area contributed by atoms with Crippen molar-refractivity contribution in [2.75, 3.05) is 6.61 Å². The molecule has 0 N–H and O–H groups in total. The molecule has 19 heavy (non-hydrogen) atoms. The van der Waals surface area contributed by atoms with Crippen LogP contribution < -0.4 is 4.74 Å². The average molecular weight is 283 g/mol. The summed E-state index contributed by atoms with van der Waals surface area (Å²) in [7, 11) is 0. The van der Waals surface area contributed by atoms with Crippen LogP contribution >= 0.6 is 0 Å². The molecule has 8 heteroatoms. The first-order valence-electron chi connectivity index (χ1n) is 4.94. The second-order valence-corrected chi connectivity index (χ2v) is 3.50. The first kappa shape index (κ1) is 15.1. The summed E-state index contributed by atoms with van der Waals surface area (Å²) in [6.45, 7) is -0.283. The summed E-state index contributed by atoms with van der Waals surface area (Å²) in [4.78, 5) is 0. The number of alkyl halides is 6. The molecule has 0 saturated heterocycles. The quantitative estimate of drug-likeness (QED) is 0.620. The molecule has 0 aliphatic heterocycles. The van der Waals surface area contributed by atoms with Crippen LogP contribution in [0.4, 0.5) is 26.3 Å². The van der Waals surface area contributed by atoms with Crippen LogP contribution in [-0.4, -0.2) is 6.61 Å². The maximum Gasteiger partial charge on any atom is 0.416 e. The van der Waals surface area contributed by atoms with Gasteiger partial charge in [-0.2, -0.15) is 31.6 Å². The second kappa shape index (κ2) is 5.38. The predicted molar refractivity (Wildman–Crippen MR) is 52.2 cm³/mol. The number of hydrogen-bond donors (Lipinski definition) is 0. The van der Waals surface area contributed by atoms with Crippen molar-refractivity contribution in [3.05, 3.63) is 29.3 Å². The highest BCUT2D eigenvalue weighted by molar-refractivity contribution is 5.37. The van der Waals surface area contributed by atoms with Gasteiger partial charge in [-0.1, -0.05) is 0 Å². The zero-order valence-corrected chi connectivity index (χ0v) is 9.27. The van der Waals surface area contributed by atoms with Crippen LogP contribution in [0.15, 0.2) is 18.2 Å². The third kappa shape index (κ3) is 4.35. The minimum atomic E-state index is -4.91. The van der Waals surface area contributed by atoms with Crippen LogP contribution in [0.3, 0.4) is 0 Å². The van der Waals surface area contributed by atoms with Crippen molar-refractivity contribution < 1.29 is 31.1 Å². The van der Waals surface area contributed by atoms with Crippen LogP contribution in [0.2, 0.25) is 0 Å². The van der Waals surface area contributed by atoms with Crippen LogP contribution in [0, 0.1) is 11.3 Å². The minimum absolute atomic E-state index is 0.0111. The SMILES string of the molecule is N#CCCOc1cc(C(F)(F)F)cc(C(F)(F)F)c1. The Balaban J connectivity index is 3.14. The third-order valence-electron chi connectivity index (χ3n) is 2.04. The largest absolute Gasteiger partial charge is 0.492 e. The standard InChI is InChI=1S/C11H7F6NO/c12-10(13,14)7-4-8(11(15,16)17)6-9(5-7)19-3-1-2-18/h4-6H,1,3H2. The smallest absolute Gasteiger partial charge is 0.416 e. The minimum Gasteiger partial charge on any atom is -0.492 e. The van der Waals surface area contributed by atoms with Crippen molar-refractivity contribution in [1.29, 1.82) is 5.26 Å². The van der Waals surface area contributed by atoms with Gasteiger partial charge in [0.05, 0.1) is 23.6 Å². The molecule has 0 aromatic heterocycles. The van der Waals surface area contributed by atoms with Crippen molar-refractivity contribution in [1.82, 2.24) is 0 Å². The van der Waals surface area contributed by atoms with Gasteiger partial charge in [0, 0.05) is 0 Å². The van der Waals surface area contributed by atoms with E-state index in [0.717, 1.165) is 0 Å². The van der Waals surface area contributed by atoms with E-state index in [2.05, 4.69) is 0 Å². The molecule has 0 aliphatic rings. The maximum atomic E-state index is 12.4. The molecule has 1 aromatic carbocycles. The van der Waals surface area contributed by atoms with E-state index in [4.69, 9.17) is 10.00 Å². The second-order valence-electron chi connectivity index (χ2n) is 3.50. The van der Waals surface area contributed by atoms with Gasteiger partial charge in [0.1, 0.15) is 12.4 Å². The monoisotopic (exact) mass is 283 g/mol. The van der Waals surface area contributed by atoms with E-state index in [1.54, 1.807) is 6.07 Å². The summed E-state index contributed by atoms with van der Waals surface area (Å²) >= 11 is 0. The topological polar surface area (TPSA) is 33.0 Å². The van der Waals surface area contributed by atoms with Gasteiger partial charge in [-0.05, 0) is 18.2 Å². The molecule has 0 radical (unpaired) electrons. The van der Waals surface area contributed by atoms with E-state index < -0.39 is 29.2 Å². The van der Waals surface area contributed by atoms with Crippen LogP contribution in [-0.2, 0) is 12.4 Å². The van der Waals surface area contributed by atoms with Crippen molar-refractivity contribution >= 4 is 0 Å². The summed E-state index contributed by atoms with van der Waals surface area (Å²) in [5.41, 5.74) is -2.90. The van der Waals surface area contributed by atoms with E-state index in [1.165, 1.54) is 0 Å². The Morgan fingerprint density at radius 3 is 1.79 bits per heavy atom. The molecule has 0 amide bonds. The molecule has 0 fully saturated rings. The fourth-order valence-corrected chi connectivity index (χ4v) is 1.22. The molecule has 2 nitrogen and oxygen atoms in total. The summed E-state index contributed by atoms with van der Waals surface area (Å²) in [5, 5.41) is 8.22. The molecule has 0 bridgehead atoms. The zero-order valence-electron chi connectivity index (χ0n) is 9.27. The van der Waals surface area contributed by atoms with Crippen LogP contribution in [0.5, 0.6) is 5.75 Å². The van der Waals surface area contributed by atoms with Crippen molar-refractivity contribution in [2.45, 2.75) is 18.8 Å². The molecule has 0 saturated carbocycles. The molecule has 0 aliphatic carbocycles. The third-order valence-corrected chi connectivity index (χ3v) is 2.04. The summed E-state index contributed by atoms with van der Waals surface area (Å²) in [5.74, 6) is -0.572. The van der Waals surface area contributed by atoms with Crippen molar-refractivity contribution in [3.8, 4) is 11.8 Å². The first-order chi connectivity index (χ1) is 8.64. The number of nitriles is 1. The number of halogens is 6. The summed E-state index contributed by atoms with van der Waals surface area (Å²) < 4.78 is 79.4. The number of ether oxygens (including phenoxy) is 1. The lowest BCUT2D eigenvalue weighted by atomic mass is 10.1. The number of benzene rings is 1. The van der Waals surface area contributed by atoms with Crippen LogP contribution in [0.1, 0.15) is 17.5 Å². The Morgan fingerprint density at radius 1 is 0.947 bits per heavy atom. The van der Waals surface area contributed by atoms with E-state index in [1.807, 2.05) is 0 Å². The molecule has 0 heterocycles. The van der Waals surface area contributed by atoms with E-state index in [9.17, 15) is 26.3 Å². The van der Waals surface area contributed by atoms with Gasteiger partial charge in [-0.3, -0.25) is 0 Å². The fraction of sp³-hybridized carbons (Fsp3) is 0.364. The molecular formula is C11H7F6NO. The maximum absolute atomic E-state index is 12.4. The first-order valence-corrected chi connectivity index (χ1v) is 4.94. The lowest BCUT2D eigenvalue weighted by Crippen LogP contribution is -2.11. The normalized spacial score (nSPS) is 12.1. The van der Waals surface area contributed by atoms with E-state index in [-0.39, 0.29) is 19.1 Å². The lowest BCUT2D eigenvalue weighted by Gasteiger charge is -2.14. The molecule has 0 unspecified atom stereocenters. The van der Waals surface area contributed by atoms with Gasteiger partial charge in [-0.15, -0.1) is 0 Å². The Labute approximate surface area is 104 Å². The van der Waals surface area contributed by atoms with Crippen molar-refractivity contribution in [2.24, 2.45) is 0 Å². The summed E-state index contributed by atoms with van der Waals surface area (Å²) in [6.07, 6.45) is -9.96. The fourth-order valence-electron chi connectivity index (χ4n) is 1.22. The molecule has 0 spiro atoms. The van der Waals surface area contributed by atoms with Crippen LogP contribution in [0.25, 0.3) is 0 Å². The van der Waals surface area contributed by atoms with Gasteiger partial charge < -0.3 is 4.74 Å². The molecule has 1 aromatic rings. The highest BCUT2D eigenvalue weighted by Crippen LogP contribution is 2.38. The van der Waals surface area contributed by atoms with E-state index >= 15 is 0 Å². The van der Waals surface area contributed by atoms with E-state index in [0.29, 0.717) is 12.1 Å².